The zero-order chi connectivity index (χ0) is 23.7. The van der Waals surface area contributed by atoms with E-state index in [1.807, 2.05) is 67.5 Å². The molecule has 1 aliphatic heterocycles. The lowest BCUT2D eigenvalue weighted by Gasteiger charge is -2.35. The van der Waals surface area contributed by atoms with Crippen molar-refractivity contribution >= 4 is 17.3 Å². The van der Waals surface area contributed by atoms with Gasteiger partial charge in [-0.2, -0.15) is 10.2 Å². The van der Waals surface area contributed by atoms with Crippen molar-refractivity contribution < 1.29 is 14.6 Å². The van der Waals surface area contributed by atoms with E-state index in [9.17, 15) is 9.90 Å². The van der Waals surface area contributed by atoms with Crippen molar-refractivity contribution in [2.75, 3.05) is 31.1 Å². The minimum absolute atomic E-state index is 0.00289. The van der Waals surface area contributed by atoms with E-state index < -0.39 is 0 Å². The molecule has 3 aromatic heterocycles. The Kier molecular flexibility index (Phi) is 5.93. The molecule has 0 saturated carbocycles. The van der Waals surface area contributed by atoms with Crippen molar-refractivity contribution in [2.24, 2.45) is 7.05 Å². The lowest BCUT2D eigenvalue weighted by Crippen LogP contribution is -2.49. The molecule has 0 aliphatic carbocycles. The molecule has 1 aliphatic rings. The van der Waals surface area contributed by atoms with Gasteiger partial charge in [0.15, 0.2) is 0 Å². The number of aliphatic hydroxyl groups is 1. The van der Waals surface area contributed by atoms with Gasteiger partial charge in [0.05, 0.1) is 30.2 Å². The highest BCUT2D eigenvalue weighted by Gasteiger charge is 2.25. The van der Waals surface area contributed by atoms with Gasteiger partial charge in [0, 0.05) is 56.7 Å². The summed E-state index contributed by atoms with van der Waals surface area (Å²) in [5.74, 6) is 0. The number of rotatable bonds is 5. The minimum Gasteiger partial charge on any atom is -0.442 e. The number of ether oxygens (including phenoxy) is 1. The highest BCUT2D eigenvalue weighted by molar-refractivity contribution is 5.76. The van der Waals surface area contributed by atoms with Gasteiger partial charge >= 0.3 is 6.09 Å². The van der Waals surface area contributed by atoms with Crippen molar-refractivity contribution in [2.45, 2.75) is 19.6 Å². The van der Waals surface area contributed by atoms with Crippen LogP contribution in [0, 0.1) is 0 Å². The fourth-order valence-electron chi connectivity index (χ4n) is 4.27. The largest absolute Gasteiger partial charge is 0.442 e. The first-order chi connectivity index (χ1) is 16.5. The van der Waals surface area contributed by atoms with Gasteiger partial charge in [0.25, 0.3) is 0 Å². The molecule has 9 nitrogen and oxygen atoms in total. The number of benzene rings is 1. The standard InChI is InChI=1S/C25H28N6O3/c1-18(20-5-3-19(17-32)4-6-20)34-25(33)30-11-9-29(10-12-30)24-14-27-31-16-21(7-8-23(24)31)22-13-26-28(2)15-22/h3-8,13-16,18,32H,9-12,17H2,1-2H3. The Morgan fingerprint density at radius 3 is 2.44 bits per heavy atom. The van der Waals surface area contributed by atoms with Gasteiger partial charge in [-0.15, -0.1) is 0 Å². The second-order valence-corrected chi connectivity index (χ2v) is 8.58. The average Bonchev–Trinajstić information content (AvgIpc) is 3.50. The van der Waals surface area contributed by atoms with Crippen molar-refractivity contribution in [1.82, 2.24) is 24.3 Å². The van der Waals surface area contributed by atoms with Gasteiger partial charge in [0.1, 0.15) is 6.10 Å². The topological polar surface area (TPSA) is 88.1 Å². The number of anilines is 1. The van der Waals surface area contributed by atoms with Gasteiger partial charge < -0.3 is 19.6 Å². The third kappa shape index (κ3) is 4.34. The molecule has 1 unspecified atom stereocenters. The zero-order valence-electron chi connectivity index (χ0n) is 19.3. The van der Waals surface area contributed by atoms with Crippen molar-refractivity contribution in [3.63, 3.8) is 0 Å². The Balaban J connectivity index is 1.21. The van der Waals surface area contributed by atoms with E-state index in [1.54, 1.807) is 9.58 Å². The number of hydrogen-bond donors (Lipinski definition) is 1. The number of nitrogens with zero attached hydrogens (tertiary/aromatic N) is 6. The summed E-state index contributed by atoms with van der Waals surface area (Å²) in [6.45, 7) is 4.44. The van der Waals surface area contributed by atoms with E-state index in [0.29, 0.717) is 26.2 Å². The summed E-state index contributed by atoms with van der Waals surface area (Å²) in [6, 6.07) is 11.6. The first-order valence-corrected chi connectivity index (χ1v) is 11.4. The number of hydrogen-bond acceptors (Lipinski definition) is 6. The van der Waals surface area contributed by atoms with Crippen molar-refractivity contribution in [3.8, 4) is 11.1 Å². The molecule has 4 heterocycles. The van der Waals surface area contributed by atoms with Crippen LogP contribution in [0.1, 0.15) is 24.2 Å². The Morgan fingerprint density at radius 2 is 1.76 bits per heavy atom. The van der Waals surface area contributed by atoms with E-state index in [4.69, 9.17) is 4.74 Å². The summed E-state index contributed by atoms with van der Waals surface area (Å²) in [7, 11) is 1.90. The van der Waals surface area contributed by atoms with E-state index in [-0.39, 0.29) is 18.8 Å². The third-order valence-corrected chi connectivity index (χ3v) is 6.32. The van der Waals surface area contributed by atoms with Gasteiger partial charge in [-0.3, -0.25) is 4.68 Å². The number of fused-ring (bicyclic) bond motifs is 1. The monoisotopic (exact) mass is 460 g/mol. The van der Waals surface area contributed by atoms with Gasteiger partial charge in [-0.05, 0) is 24.1 Å². The number of carbonyl (C=O) groups is 1. The Morgan fingerprint density at radius 1 is 1.00 bits per heavy atom. The lowest BCUT2D eigenvalue weighted by atomic mass is 10.1. The maximum atomic E-state index is 12.7. The Labute approximate surface area is 197 Å². The number of pyridine rings is 1. The molecule has 0 radical (unpaired) electrons. The van der Waals surface area contributed by atoms with Crippen molar-refractivity contribution in [1.29, 1.82) is 0 Å². The summed E-state index contributed by atoms with van der Waals surface area (Å²) in [6.07, 6.45) is 7.06. The number of amides is 1. The van der Waals surface area contributed by atoms with E-state index >= 15 is 0 Å². The number of aryl methyl sites for hydroxylation is 1. The molecule has 9 heteroatoms. The van der Waals surface area contributed by atoms with Crippen LogP contribution in [0.25, 0.3) is 16.6 Å². The van der Waals surface area contributed by atoms with Crippen LogP contribution >= 0.6 is 0 Å². The van der Waals surface area contributed by atoms with E-state index in [0.717, 1.165) is 33.5 Å². The molecule has 0 spiro atoms. The van der Waals surface area contributed by atoms with Crippen LogP contribution in [0.4, 0.5) is 10.5 Å². The van der Waals surface area contributed by atoms with Crippen LogP contribution in [-0.4, -0.2) is 61.7 Å². The number of carbonyl (C=O) groups excluding carboxylic acids is 1. The summed E-state index contributed by atoms with van der Waals surface area (Å²) in [5.41, 5.74) is 5.93. The second kappa shape index (κ2) is 9.18. The van der Waals surface area contributed by atoms with Crippen LogP contribution in [0.3, 0.4) is 0 Å². The SMILES string of the molecule is CC(OC(=O)N1CCN(c2cnn3cc(-c4cnn(C)c4)ccc23)CC1)c1ccc(CO)cc1. The van der Waals surface area contributed by atoms with Gasteiger partial charge in [-0.25, -0.2) is 9.31 Å². The molecule has 5 rings (SSSR count). The van der Waals surface area contributed by atoms with Crippen LogP contribution in [-0.2, 0) is 18.4 Å². The molecule has 1 aromatic carbocycles. The predicted octanol–water partition coefficient (Wildman–Crippen LogP) is 3.25. The summed E-state index contributed by atoms with van der Waals surface area (Å²) in [4.78, 5) is 16.7. The molecule has 1 amide bonds. The maximum absolute atomic E-state index is 12.7. The van der Waals surface area contributed by atoms with Crippen LogP contribution in [0.2, 0.25) is 0 Å². The quantitative estimate of drug-likeness (QED) is 0.492. The first kappa shape index (κ1) is 22.0. The molecule has 0 bridgehead atoms. The predicted molar refractivity (Wildman–Crippen MR) is 128 cm³/mol. The molecule has 176 valence electrons. The fourth-order valence-corrected chi connectivity index (χ4v) is 4.27. The molecule has 1 atom stereocenters. The van der Waals surface area contributed by atoms with E-state index in [1.165, 1.54) is 0 Å². The number of aromatic nitrogens is 4. The van der Waals surface area contributed by atoms with Crippen LogP contribution in [0.5, 0.6) is 0 Å². The summed E-state index contributed by atoms with van der Waals surface area (Å²) < 4.78 is 9.36. The highest BCUT2D eigenvalue weighted by Crippen LogP contribution is 2.27. The fraction of sp³-hybridized carbons (Fsp3) is 0.320. The summed E-state index contributed by atoms with van der Waals surface area (Å²) >= 11 is 0. The lowest BCUT2D eigenvalue weighted by molar-refractivity contribution is 0.0680. The minimum atomic E-state index is -0.355. The number of aliphatic hydroxyl groups excluding tert-OH is 1. The summed E-state index contributed by atoms with van der Waals surface area (Å²) in [5, 5.41) is 18.0. The van der Waals surface area contributed by atoms with Crippen molar-refractivity contribution in [3.05, 3.63) is 72.3 Å². The number of piperazine rings is 1. The molecule has 1 saturated heterocycles. The molecular formula is C25H28N6O3. The molecular weight excluding hydrogens is 432 g/mol. The maximum Gasteiger partial charge on any atom is 0.410 e. The second-order valence-electron chi connectivity index (χ2n) is 8.58. The Hall–Kier alpha value is -3.85. The third-order valence-electron chi connectivity index (χ3n) is 6.32. The Bertz CT molecular complexity index is 1290. The van der Waals surface area contributed by atoms with Crippen LogP contribution in [0.15, 0.2) is 61.2 Å². The highest BCUT2D eigenvalue weighted by atomic mass is 16.6. The van der Waals surface area contributed by atoms with Gasteiger partial charge in [0.2, 0.25) is 0 Å². The molecule has 1 fully saturated rings. The van der Waals surface area contributed by atoms with Gasteiger partial charge in [-0.1, -0.05) is 30.3 Å². The first-order valence-electron chi connectivity index (χ1n) is 11.4. The average molecular weight is 461 g/mol. The van der Waals surface area contributed by atoms with E-state index in [2.05, 4.69) is 27.2 Å². The smallest absolute Gasteiger partial charge is 0.410 e. The zero-order valence-corrected chi connectivity index (χ0v) is 19.3. The normalized spacial score (nSPS) is 15.0. The molecule has 4 aromatic rings. The van der Waals surface area contributed by atoms with Crippen LogP contribution < -0.4 is 4.90 Å². The molecule has 1 N–H and O–H groups in total. The molecule has 34 heavy (non-hydrogen) atoms.